The van der Waals surface area contributed by atoms with Gasteiger partial charge in [0.1, 0.15) is 5.82 Å². The van der Waals surface area contributed by atoms with E-state index >= 15 is 13.2 Å². The maximum Gasteiger partial charge on any atom is 0.250 e. The summed E-state index contributed by atoms with van der Waals surface area (Å²) in [5, 5.41) is 2.37. The lowest BCUT2D eigenvalue weighted by molar-refractivity contribution is 0.100. The molecule has 3 aromatic rings. The summed E-state index contributed by atoms with van der Waals surface area (Å²) in [6.07, 6.45) is -0.520. The molecular weight excluding hydrogens is 498 g/mol. The molecular formula is C25H25F4N3O3S. The van der Waals surface area contributed by atoms with Crippen molar-refractivity contribution in [1.29, 1.82) is 0 Å². The lowest BCUT2D eigenvalue weighted by atomic mass is 9.99. The van der Waals surface area contributed by atoms with Gasteiger partial charge in [-0.05, 0) is 53.8 Å². The standard InChI is InChI=1S/C25H25F4N3O3S/c1-13(2)12-36(34,35)32-20-6-4-5-15(21(20)27)10-16-11-17(25(30)33)24(23(29)22(16)28)31-19-8-7-14(3)9-18(19)26/h4-9,11,13,31-32H,10,12H2,1-3H3,(H2,30,33). The number of carbonyl (C=O) groups is 1. The van der Waals surface area contributed by atoms with Gasteiger partial charge in [0.2, 0.25) is 10.0 Å². The van der Waals surface area contributed by atoms with Crippen LogP contribution in [0.15, 0.2) is 42.5 Å². The van der Waals surface area contributed by atoms with E-state index in [1.165, 1.54) is 36.4 Å². The normalized spacial score (nSPS) is 11.6. The number of anilines is 3. The first kappa shape index (κ1) is 27.0. The van der Waals surface area contributed by atoms with Gasteiger partial charge in [0.05, 0.1) is 28.4 Å². The Morgan fingerprint density at radius 2 is 1.64 bits per heavy atom. The number of halogens is 4. The SMILES string of the molecule is Cc1ccc(Nc2c(C(N)=O)cc(Cc3cccc(NS(=O)(=O)CC(C)C)c3F)c(F)c2F)c(F)c1. The smallest absolute Gasteiger partial charge is 0.250 e. The third-order valence-electron chi connectivity index (χ3n) is 5.21. The minimum Gasteiger partial charge on any atom is -0.366 e. The second-order valence-electron chi connectivity index (χ2n) is 8.79. The van der Waals surface area contributed by atoms with Crippen LogP contribution in [0.1, 0.15) is 40.9 Å². The lowest BCUT2D eigenvalue weighted by Gasteiger charge is -2.16. The zero-order chi connectivity index (χ0) is 26.8. The quantitative estimate of drug-likeness (QED) is 0.328. The number of carbonyl (C=O) groups excluding carboxylic acids is 1. The Kier molecular flexibility index (Phi) is 7.92. The number of nitrogens with one attached hydrogen (secondary N) is 2. The number of hydrogen-bond donors (Lipinski definition) is 3. The molecule has 1 amide bonds. The average molecular weight is 524 g/mol. The molecule has 11 heteroatoms. The summed E-state index contributed by atoms with van der Waals surface area (Å²) in [6.45, 7) is 5.01. The fourth-order valence-corrected chi connectivity index (χ4v) is 5.08. The van der Waals surface area contributed by atoms with Gasteiger partial charge in [0.25, 0.3) is 5.91 Å². The van der Waals surface area contributed by atoms with Crippen LogP contribution in [0.3, 0.4) is 0 Å². The summed E-state index contributed by atoms with van der Waals surface area (Å²) in [5.41, 5.74) is 3.70. The molecule has 0 saturated carbocycles. The molecule has 3 rings (SSSR count). The molecule has 0 saturated heterocycles. The van der Waals surface area contributed by atoms with Gasteiger partial charge in [0.15, 0.2) is 17.5 Å². The number of aryl methyl sites for hydroxylation is 1. The van der Waals surface area contributed by atoms with Crippen LogP contribution in [0.4, 0.5) is 34.6 Å². The Labute approximate surface area is 206 Å². The fourth-order valence-electron chi connectivity index (χ4n) is 3.63. The third-order valence-corrected chi connectivity index (χ3v) is 6.85. The second kappa shape index (κ2) is 10.6. The van der Waals surface area contributed by atoms with Gasteiger partial charge in [-0.2, -0.15) is 0 Å². The average Bonchev–Trinajstić information content (AvgIpc) is 2.76. The van der Waals surface area contributed by atoms with Crippen molar-refractivity contribution in [3.63, 3.8) is 0 Å². The van der Waals surface area contributed by atoms with Crippen LogP contribution in [0.5, 0.6) is 0 Å². The highest BCUT2D eigenvalue weighted by Crippen LogP contribution is 2.32. The highest BCUT2D eigenvalue weighted by molar-refractivity contribution is 7.92. The number of nitrogens with two attached hydrogens (primary N) is 1. The number of amides is 1. The highest BCUT2D eigenvalue weighted by Gasteiger charge is 2.24. The molecule has 3 aromatic carbocycles. The van der Waals surface area contributed by atoms with Crippen molar-refractivity contribution in [3.05, 3.63) is 88.0 Å². The first-order valence-electron chi connectivity index (χ1n) is 10.9. The van der Waals surface area contributed by atoms with E-state index in [2.05, 4.69) is 10.0 Å². The minimum absolute atomic E-state index is 0.154. The van der Waals surface area contributed by atoms with Crippen molar-refractivity contribution < 1.29 is 30.8 Å². The van der Waals surface area contributed by atoms with E-state index in [0.29, 0.717) is 5.56 Å². The predicted molar refractivity (Wildman–Crippen MR) is 131 cm³/mol. The van der Waals surface area contributed by atoms with Crippen LogP contribution in [-0.2, 0) is 16.4 Å². The van der Waals surface area contributed by atoms with E-state index in [0.717, 1.165) is 6.07 Å². The Hall–Kier alpha value is -3.60. The Morgan fingerprint density at radius 1 is 0.944 bits per heavy atom. The summed E-state index contributed by atoms with van der Waals surface area (Å²) >= 11 is 0. The maximum atomic E-state index is 15.1. The second-order valence-corrected chi connectivity index (χ2v) is 10.6. The maximum absolute atomic E-state index is 15.1. The first-order valence-corrected chi connectivity index (χ1v) is 12.6. The summed E-state index contributed by atoms with van der Waals surface area (Å²) in [7, 11) is -3.84. The predicted octanol–water partition coefficient (Wildman–Crippen LogP) is 5.38. The molecule has 6 nitrogen and oxygen atoms in total. The fraction of sp³-hybridized carbons (Fsp3) is 0.240. The highest BCUT2D eigenvalue weighted by atomic mass is 32.2. The Bertz CT molecular complexity index is 1430. The topological polar surface area (TPSA) is 101 Å². The molecule has 4 N–H and O–H groups in total. The molecule has 0 fully saturated rings. The Balaban J connectivity index is 2.00. The van der Waals surface area contributed by atoms with Crippen molar-refractivity contribution in [2.45, 2.75) is 27.2 Å². The third kappa shape index (κ3) is 6.14. The summed E-state index contributed by atoms with van der Waals surface area (Å²) in [6, 6.07) is 8.76. The molecule has 0 aliphatic heterocycles. The molecule has 192 valence electrons. The van der Waals surface area contributed by atoms with Crippen molar-refractivity contribution in [3.8, 4) is 0 Å². The van der Waals surface area contributed by atoms with Gasteiger partial charge in [-0.3, -0.25) is 9.52 Å². The summed E-state index contributed by atoms with van der Waals surface area (Å²) in [5.74, 6) is -6.22. The van der Waals surface area contributed by atoms with Crippen LogP contribution < -0.4 is 15.8 Å². The van der Waals surface area contributed by atoms with Crippen LogP contribution in [0, 0.1) is 36.1 Å². The number of sulfonamides is 1. The van der Waals surface area contributed by atoms with Gasteiger partial charge < -0.3 is 11.1 Å². The summed E-state index contributed by atoms with van der Waals surface area (Å²) in [4.78, 5) is 12.0. The molecule has 0 spiro atoms. The van der Waals surface area contributed by atoms with Crippen molar-refractivity contribution in [2.75, 3.05) is 15.8 Å². The van der Waals surface area contributed by atoms with Crippen LogP contribution in [0.2, 0.25) is 0 Å². The van der Waals surface area contributed by atoms with E-state index in [9.17, 15) is 17.6 Å². The monoisotopic (exact) mass is 523 g/mol. The zero-order valence-electron chi connectivity index (χ0n) is 19.8. The van der Waals surface area contributed by atoms with Gasteiger partial charge in [-0.25, -0.2) is 26.0 Å². The van der Waals surface area contributed by atoms with Gasteiger partial charge >= 0.3 is 0 Å². The van der Waals surface area contributed by atoms with E-state index in [4.69, 9.17) is 5.73 Å². The van der Waals surface area contributed by atoms with Gasteiger partial charge in [-0.15, -0.1) is 0 Å². The molecule has 0 aliphatic carbocycles. The molecule has 0 bridgehead atoms. The minimum atomic E-state index is -3.84. The van der Waals surface area contributed by atoms with E-state index in [1.807, 2.05) is 0 Å². The molecule has 0 aromatic heterocycles. The van der Waals surface area contributed by atoms with Crippen molar-refractivity contribution >= 4 is 33.0 Å². The van der Waals surface area contributed by atoms with Crippen molar-refractivity contribution in [2.24, 2.45) is 11.7 Å². The van der Waals surface area contributed by atoms with Crippen molar-refractivity contribution in [1.82, 2.24) is 0 Å². The van der Waals surface area contributed by atoms with Crippen LogP contribution >= 0.6 is 0 Å². The number of primary amides is 1. The van der Waals surface area contributed by atoms with Crippen LogP contribution in [-0.4, -0.2) is 20.1 Å². The molecule has 36 heavy (non-hydrogen) atoms. The Morgan fingerprint density at radius 3 is 2.25 bits per heavy atom. The first-order chi connectivity index (χ1) is 16.8. The number of rotatable bonds is 9. The largest absolute Gasteiger partial charge is 0.366 e. The van der Waals surface area contributed by atoms with Gasteiger partial charge in [-0.1, -0.05) is 32.0 Å². The summed E-state index contributed by atoms with van der Waals surface area (Å²) < 4.78 is 86.0. The van der Waals surface area contributed by atoms with Gasteiger partial charge in [0, 0.05) is 6.42 Å². The van der Waals surface area contributed by atoms with Crippen LogP contribution in [0.25, 0.3) is 0 Å². The zero-order valence-corrected chi connectivity index (χ0v) is 20.6. The number of hydrogen-bond acceptors (Lipinski definition) is 4. The number of benzene rings is 3. The van der Waals surface area contributed by atoms with E-state index < -0.39 is 62.4 Å². The molecule has 0 radical (unpaired) electrons. The van der Waals surface area contributed by atoms with E-state index in [1.54, 1.807) is 20.8 Å². The lowest BCUT2D eigenvalue weighted by Crippen LogP contribution is -2.21. The van der Waals surface area contributed by atoms with E-state index in [-0.39, 0.29) is 28.6 Å². The molecule has 0 atom stereocenters. The molecule has 0 aliphatic rings. The molecule has 0 unspecified atom stereocenters. The molecule has 0 heterocycles.